The molecular weight excluding hydrogens is 251 g/mol. The van der Waals surface area contributed by atoms with E-state index in [1.165, 1.54) is 12.3 Å². The van der Waals surface area contributed by atoms with Crippen LogP contribution in [0.1, 0.15) is 31.1 Å². The third-order valence-corrected chi connectivity index (χ3v) is 2.38. The molecule has 0 saturated carbocycles. The number of fused-ring (bicyclic) bond motifs is 1. The average molecular weight is 264 g/mol. The van der Waals surface area contributed by atoms with Crippen LogP contribution in [-0.4, -0.2) is 27.8 Å². The second-order valence-corrected chi connectivity index (χ2v) is 5.09. The van der Waals surface area contributed by atoms with E-state index in [-0.39, 0.29) is 11.1 Å². The largest absolute Gasteiger partial charge is 0.442 e. The normalized spacial score (nSPS) is 11.6. The molecule has 0 N–H and O–H groups in total. The van der Waals surface area contributed by atoms with Gasteiger partial charge in [0.1, 0.15) is 11.4 Å². The van der Waals surface area contributed by atoms with Gasteiger partial charge < -0.3 is 4.74 Å². The third-order valence-electron chi connectivity index (χ3n) is 2.38. The van der Waals surface area contributed by atoms with Crippen LogP contribution in [-0.2, 0) is 4.74 Å². The Morgan fingerprint density at radius 2 is 2.11 bits per heavy atom. The number of aromatic nitrogens is 2. The van der Waals surface area contributed by atoms with Gasteiger partial charge in [0.05, 0.1) is 17.3 Å². The first-order chi connectivity index (χ1) is 8.81. The number of nitrogens with zero attached hydrogens (tertiary/aromatic N) is 2. The Morgan fingerprint density at radius 3 is 2.68 bits per heavy atom. The summed E-state index contributed by atoms with van der Waals surface area (Å²) in [5.74, 6) is -0.701. The molecular formula is C13H13FN2O3. The van der Waals surface area contributed by atoms with Gasteiger partial charge in [-0.2, -0.15) is 9.78 Å². The fraction of sp³-hybridized carbons (Fsp3) is 0.308. The monoisotopic (exact) mass is 264 g/mol. The van der Waals surface area contributed by atoms with Gasteiger partial charge in [-0.3, -0.25) is 4.79 Å². The van der Waals surface area contributed by atoms with Crippen LogP contribution in [0.25, 0.3) is 10.9 Å². The van der Waals surface area contributed by atoms with E-state index in [4.69, 9.17) is 4.74 Å². The van der Waals surface area contributed by atoms with E-state index in [0.717, 1.165) is 10.7 Å². The number of rotatable bonds is 1. The molecule has 0 amide bonds. The van der Waals surface area contributed by atoms with Crippen LogP contribution in [0.5, 0.6) is 0 Å². The fourth-order valence-corrected chi connectivity index (χ4v) is 1.61. The van der Waals surface area contributed by atoms with Crippen molar-refractivity contribution in [3.63, 3.8) is 0 Å². The van der Waals surface area contributed by atoms with Crippen molar-refractivity contribution >= 4 is 23.3 Å². The van der Waals surface area contributed by atoms with Crippen molar-refractivity contribution in [1.82, 2.24) is 9.78 Å². The summed E-state index contributed by atoms with van der Waals surface area (Å²) in [5, 5.41) is 4.35. The molecule has 5 nitrogen and oxygen atoms in total. The van der Waals surface area contributed by atoms with E-state index in [2.05, 4.69) is 5.10 Å². The molecule has 2 rings (SSSR count). The minimum atomic E-state index is -0.701. The molecule has 1 heterocycles. The Kier molecular flexibility index (Phi) is 3.09. The number of ether oxygens (including phenoxy) is 1. The van der Waals surface area contributed by atoms with Crippen molar-refractivity contribution in [2.24, 2.45) is 0 Å². The number of aldehydes is 1. The van der Waals surface area contributed by atoms with Crippen molar-refractivity contribution < 1.29 is 18.7 Å². The highest BCUT2D eigenvalue weighted by Gasteiger charge is 2.20. The Hall–Kier alpha value is -2.24. The summed E-state index contributed by atoms with van der Waals surface area (Å²) in [5.41, 5.74) is -0.481. The van der Waals surface area contributed by atoms with Crippen LogP contribution in [0.2, 0.25) is 0 Å². The summed E-state index contributed by atoms with van der Waals surface area (Å²) in [4.78, 5) is 22.5. The van der Waals surface area contributed by atoms with Crippen LogP contribution in [0, 0.1) is 5.82 Å². The number of benzene rings is 1. The number of halogens is 1. The van der Waals surface area contributed by atoms with Crippen LogP contribution in [0.15, 0.2) is 18.3 Å². The van der Waals surface area contributed by atoms with Gasteiger partial charge in [0.15, 0.2) is 6.29 Å². The molecule has 0 saturated heterocycles. The second-order valence-electron chi connectivity index (χ2n) is 5.09. The molecule has 0 atom stereocenters. The summed E-state index contributed by atoms with van der Waals surface area (Å²) in [6, 6.07) is 2.43. The first-order valence-corrected chi connectivity index (χ1v) is 5.67. The summed E-state index contributed by atoms with van der Waals surface area (Å²) < 4.78 is 19.7. The Bertz CT molecular complexity index is 656. The van der Waals surface area contributed by atoms with E-state index in [1.807, 2.05) is 0 Å². The molecule has 2 aromatic rings. The van der Waals surface area contributed by atoms with Crippen molar-refractivity contribution in [2.75, 3.05) is 0 Å². The Labute approximate surface area is 109 Å². The smallest absolute Gasteiger partial charge is 0.435 e. The lowest BCUT2D eigenvalue weighted by molar-refractivity contribution is 0.0522. The fourth-order valence-electron chi connectivity index (χ4n) is 1.61. The van der Waals surface area contributed by atoms with E-state index in [0.29, 0.717) is 11.7 Å². The molecule has 0 aliphatic rings. The Morgan fingerprint density at radius 1 is 1.42 bits per heavy atom. The summed E-state index contributed by atoms with van der Waals surface area (Å²) in [7, 11) is 0. The minimum Gasteiger partial charge on any atom is -0.442 e. The molecule has 0 bridgehead atoms. The van der Waals surface area contributed by atoms with E-state index < -0.39 is 17.5 Å². The third kappa shape index (κ3) is 2.62. The molecule has 100 valence electrons. The Balaban J connectivity index is 2.48. The number of carbonyl (C=O) groups is 2. The van der Waals surface area contributed by atoms with Gasteiger partial charge in [0.25, 0.3) is 0 Å². The van der Waals surface area contributed by atoms with Crippen LogP contribution in [0.3, 0.4) is 0 Å². The lowest BCUT2D eigenvalue weighted by Gasteiger charge is -2.19. The van der Waals surface area contributed by atoms with Crippen LogP contribution < -0.4 is 0 Å². The van der Waals surface area contributed by atoms with Crippen molar-refractivity contribution in [3.8, 4) is 0 Å². The molecule has 19 heavy (non-hydrogen) atoms. The maximum absolute atomic E-state index is 13.6. The van der Waals surface area contributed by atoms with Gasteiger partial charge in [-0.15, -0.1) is 0 Å². The van der Waals surface area contributed by atoms with Gasteiger partial charge in [-0.1, -0.05) is 0 Å². The predicted molar refractivity (Wildman–Crippen MR) is 66.7 cm³/mol. The first-order valence-electron chi connectivity index (χ1n) is 5.67. The molecule has 0 aliphatic heterocycles. The van der Waals surface area contributed by atoms with Crippen LogP contribution in [0.4, 0.5) is 9.18 Å². The second kappa shape index (κ2) is 4.46. The molecule has 0 spiro atoms. The molecule has 0 fully saturated rings. The van der Waals surface area contributed by atoms with Crippen molar-refractivity contribution in [2.45, 2.75) is 26.4 Å². The minimum absolute atomic E-state index is 0.0729. The predicted octanol–water partition coefficient (Wildman–Crippen LogP) is 2.77. The highest BCUT2D eigenvalue weighted by molar-refractivity contribution is 5.91. The topological polar surface area (TPSA) is 61.2 Å². The zero-order chi connectivity index (χ0) is 14.2. The van der Waals surface area contributed by atoms with E-state index >= 15 is 0 Å². The van der Waals surface area contributed by atoms with E-state index in [1.54, 1.807) is 20.8 Å². The standard InChI is InChI=1S/C13H13FN2O3/c1-13(2,3)19-12(18)16-11-5-10(14)9(7-17)4-8(11)6-15-16/h4-7H,1-3H3. The summed E-state index contributed by atoms with van der Waals surface area (Å²) in [6.07, 6.45) is 1.10. The zero-order valence-corrected chi connectivity index (χ0v) is 10.8. The zero-order valence-electron chi connectivity index (χ0n) is 10.8. The van der Waals surface area contributed by atoms with Gasteiger partial charge in [0, 0.05) is 11.5 Å². The maximum Gasteiger partial charge on any atom is 0.435 e. The van der Waals surface area contributed by atoms with Gasteiger partial charge in [-0.25, -0.2) is 9.18 Å². The molecule has 1 aromatic carbocycles. The lowest BCUT2D eigenvalue weighted by Crippen LogP contribution is -2.27. The summed E-state index contributed by atoms with van der Waals surface area (Å²) >= 11 is 0. The van der Waals surface area contributed by atoms with E-state index in [9.17, 15) is 14.0 Å². The highest BCUT2D eigenvalue weighted by atomic mass is 19.1. The van der Waals surface area contributed by atoms with Crippen molar-refractivity contribution in [3.05, 3.63) is 29.7 Å². The van der Waals surface area contributed by atoms with Crippen LogP contribution >= 0.6 is 0 Å². The van der Waals surface area contributed by atoms with Crippen molar-refractivity contribution in [1.29, 1.82) is 0 Å². The van der Waals surface area contributed by atoms with Gasteiger partial charge >= 0.3 is 6.09 Å². The number of hydrogen-bond donors (Lipinski definition) is 0. The molecule has 6 heteroatoms. The number of hydrogen-bond acceptors (Lipinski definition) is 4. The lowest BCUT2D eigenvalue weighted by atomic mass is 10.1. The summed E-state index contributed by atoms with van der Waals surface area (Å²) in [6.45, 7) is 5.17. The quantitative estimate of drug-likeness (QED) is 0.743. The molecule has 0 radical (unpaired) electrons. The maximum atomic E-state index is 13.6. The SMILES string of the molecule is CC(C)(C)OC(=O)n1ncc2cc(C=O)c(F)cc21. The van der Waals surface area contributed by atoms with Gasteiger partial charge in [-0.05, 0) is 26.8 Å². The molecule has 0 unspecified atom stereocenters. The molecule has 1 aromatic heterocycles. The average Bonchev–Trinajstić information content (AvgIpc) is 2.68. The first kappa shape index (κ1) is 13.2. The van der Waals surface area contributed by atoms with Gasteiger partial charge in [0.2, 0.25) is 0 Å². The number of carbonyl (C=O) groups excluding carboxylic acids is 2. The molecule has 0 aliphatic carbocycles. The highest BCUT2D eigenvalue weighted by Crippen LogP contribution is 2.19.